The van der Waals surface area contributed by atoms with Crippen molar-refractivity contribution in [2.75, 3.05) is 35.6 Å². The number of hydrogen-bond donors (Lipinski definition) is 2. The number of nitrogen functional groups attached to an aromatic ring is 1. The quantitative estimate of drug-likeness (QED) is 0.776. The lowest BCUT2D eigenvalue weighted by Gasteiger charge is -2.17. The van der Waals surface area contributed by atoms with E-state index < -0.39 is 0 Å². The Morgan fingerprint density at radius 3 is 2.80 bits per heavy atom. The third-order valence-corrected chi connectivity index (χ3v) is 2.52. The SMILES string of the molecule is CCNc1cc(N2CCCC2)nc(N)n1. The van der Waals surface area contributed by atoms with Crippen LogP contribution < -0.4 is 16.0 Å². The van der Waals surface area contributed by atoms with Crippen molar-refractivity contribution in [3.05, 3.63) is 6.07 Å². The van der Waals surface area contributed by atoms with Crippen molar-refractivity contribution < 1.29 is 0 Å². The Hall–Kier alpha value is -1.52. The number of nitrogens with two attached hydrogens (primary N) is 1. The van der Waals surface area contributed by atoms with E-state index in [1.165, 1.54) is 12.8 Å². The van der Waals surface area contributed by atoms with E-state index in [1.54, 1.807) is 0 Å². The average molecular weight is 207 g/mol. The van der Waals surface area contributed by atoms with E-state index >= 15 is 0 Å². The summed E-state index contributed by atoms with van der Waals surface area (Å²) in [6.07, 6.45) is 2.47. The maximum atomic E-state index is 5.67. The maximum Gasteiger partial charge on any atom is 0.223 e. The van der Waals surface area contributed by atoms with Crippen molar-refractivity contribution >= 4 is 17.6 Å². The zero-order valence-electron chi connectivity index (χ0n) is 9.03. The molecule has 0 aliphatic carbocycles. The molecule has 0 unspecified atom stereocenters. The van der Waals surface area contributed by atoms with Crippen molar-refractivity contribution in [1.29, 1.82) is 0 Å². The molecule has 0 aromatic carbocycles. The summed E-state index contributed by atoms with van der Waals surface area (Å²) in [7, 11) is 0. The molecule has 0 atom stereocenters. The molecule has 1 aromatic heterocycles. The van der Waals surface area contributed by atoms with E-state index in [-0.39, 0.29) is 0 Å². The van der Waals surface area contributed by atoms with Crippen molar-refractivity contribution in [3.63, 3.8) is 0 Å². The van der Waals surface area contributed by atoms with Crippen LogP contribution in [0.1, 0.15) is 19.8 Å². The lowest BCUT2D eigenvalue weighted by Crippen LogP contribution is -2.20. The molecule has 2 heterocycles. The third-order valence-electron chi connectivity index (χ3n) is 2.52. The Morgan fingerprint density at radius 2 is 2.13 bits per heavy atom. The van der Waals surface area contributed by atoms with Crippen LogP contribution in [0.3, 0.4) is 0 Å². The van der Waals surface area contributed by atoms with Gasteiger partial charge < -0.3 is 16.0 Å². The summed E-state index contributed by atoms with van der Waals surface area (Å²) >= 11 is 0. The molecule has 82 valence electrons. The lowest BCUT2D eigenvalue weighted by molar-refractivity contribution is 0.930. The minimum absolute atomic E-state index is 0.343. The lowest BCUT2D eigenvalue weighted by atomic mass is 10.4. The standard InChI is InChI=1S/C10H17N5/c1-2-12-8-7-9(14-10(11)13-8)15-5-3-4-6-15/h7H,2-6H2,1H3,(H3,11,12,13,14). The summed E-state index contributed by atoms with van der Waals surface area (Å²) in [5.74, 6) is 2.10. The molecule has 0 saturated carbocycles. The fraction of sp³-hybridized carbons (Fsp3) is 0.600. The molecule has 2 rings (SSSR count). The van der Waals surface area contributed by atoms with Crippen molar-refractivity contribution in [2.24, 2.45) is 0 Å². The number of rotatable bonds is 3. The summed E-state index contributed by atoms with van der Waals surface area (Å²) in [6, 6.07) is 1.96. The molecular weight excluding hydrogens is 190 g/mol. The van der Waals surface area contributed by atoms with Crippen LogP contribution in [-0.2, 0) is 0 Å². The molecule has 5 nitrogen and oxygen atoms in total. The van der Waals surface area contributed by atoms with Crippen LogP contribution >= 0.6 is 0 Å². The topological polar surface area (TPSA) is 67.1 Å². The molecule has 15 heavy (non-hydrogen) atoms. The zero-order valence-corrected chi connectivity index (χ0v) is 9.03. The molecule has 1 aromatic rings. The highest BCUT2D eigenvalue weighted by atomic mass is 15.2. The van der Waals surface area contributed by atoms with Crippen LogP contribution in [0.25, 0.3) is 0 Å². The number of nitrogens with zero attached hydrogens (tertiary/aromatic N) is 3. The largest absolute Gasteiger partial charge is 0.370 e. The average Bonchev–Trinajstić information content (AvgIpc) is 2.70. The van der Waals surface area contributed by atoms with E-state index in [4.69, 9.17) is 5.73 Å². The number of nitrogens with one attached hydrogen (secondary N) is 1. The molecule has 0 amide bonds. The Bertz CT molecular complexity index is 333. The maximum absolute atomic E-state index is 5.67. The second kappa shape index (κ2) is 4.33. The minimum Gasteiger partial charge on any atom is -0.370 e. The number of anilines is 3. The van der Waals surface area contributed by atoms with Gasteiger partial charge in [0, 0.05) is 25.7 Å². The molecule has 0 radical (unpaired) electrons. The summed E-state index contributed by atoms with van der Waals surface area (Å²) in [6.45, 7) is 5.02. The van der Waals surface area contributed by atoms with Gasteiger partial charge in [-0.2, -0.15) is 9.97 Å². The second-order valence-corrected chi connectivity index (χ2v) is 3.69. The fourth-order valence-electron chi connectivity index (χ4n) is 1.83. The Kier molecular flexibility index (Phi) is 2.89. The summed E-state index contributed by atoms with van der Waals surface area (Å²) in [5, 5.41) is 3.15. The molecule has 1 saturated heterocycles. The van der Waals surface area contributed by atoms with Crippen molar-refractivity contribution in [3.8, 4) is 0 Å². The van der Waals surface area contributed by atoms with Crippen LogP contribution in [0.5, 0.6) is 0 Å². The van der Waals surface area contributed by atoms with E-state index in [0.717, 1.165) is 31.3 Å². The van der Waals surface area contributed by atoms with Gasteiger partial charge in [-0.15, -0.1) is 0 Å². The first kappa shape index (κ1) is 10.0. The monoisotopic (exact) mass is 207 g/mol. The van der Waals surface area contributed by atoms with Crippen LogP contribution in [0.4, 0.5) is 17.6 Å². The summed E-state index contributed by atoms with van der Waals surface area (Å²) in [4.78, 5) is 10.6. The Morgan fingerprint density at radius 1 is 1.40 bits per heavy atom. The van der Waals surface area contributed by atoms with Gasteiger partial charge in [0.2, 0.25) is 5.95 Å². The number of aromatic nitrogens is 2. The first-order valence-corrected chi connectivity index (χ1v) is 5.43. The molecule has 3 N–H and O–H groups in total. The highest BCUT2D eigenvalue weighted by molar-refractivity contribution is 5.52. The van der Waals surface area contributed by atoms with Gasteiger partial charge in [-0.3, -0.25) is 0 Å². The van der Waals surface area contributed by atoms with Crippen LogP contribution in [0.15, 0.2) is 6.07 Å². The molecule has 1 aliphatic heterocycles. The van der Waals surface area contributed by atoms with Gasteiger partial charge in [0.25, 0.3) is 0 Å². The van der Waals surface area contributed by atoms with Gasteiger partial charge in [0.15, 0.2) is 0 Å². The van der Waals surface area contributed by atoms with Gasteiger partial charge in [0.1, 0.15) is 11.6 Å². The van der Waals surface area contributed by atoms with Crippen LogP contribution in [0.2, 0.25) is 0 Å². The predicted molar refractivity (Wildman–Crippen MR) is 62.1 cm³/mol. The molecular formula is C10H17N5. The third kappa shape index (κ3) is 2.29. The zero-order chi connectivity index (χ0) is 10.7. The van der Waals surface area contributed by atoms with Crippen LogP contribution in [0, 0.1) is 0 Å². The van der Waals surface area contributed by atoms with Gasteiger partial charge in [0.05, 0.1) is 0 Å². The highest BCUT2D eigenvalue weighted by Crippen LogP contribution is 2.20. The van der Waals surface area contributed by atoms with Gasteiger partial charge in [-0.05, 0) is 19.8 Å². The minimum atomic E-state index is 0.343. The van der Waals surface area contributed by atoms with Gasteiger partial charge in [-0.25, -0.2) is 0 Å². The Labute approximate surface area is 89.7 Å². The van der Waals surface area contributed by atoms with Crippen molar-refractivity contribution in [2.45, 2.75) is 19.8 Å². The van der Waals surface area contributed by atoms with Gasteiger partial charge >= 0.3 is 0 Å². The molecule has 1 fully saturated rings. The van der Waals surface area contributed by atoms with Gasteiger partial charge in [-0.1, -0.05) is 0 Å². The highest BCUT2D eigenvalue weighted by Gasteiger charge is 2.14. The second-order valence-electron chi connectivity index (χ2n) is 3.69. The fourth-order valence-corrected chi connectivity index (χ4v) is 1.83. The van der Waals surface area contributed by atoms with Crippen molar-refractivity contribution in [1.82, 2.24) is 9.97 Å². The molecule has 5 heteroatoms. The molecule has 0 bridgehead atoms. The van der Waals surface area contributed by atoms with E-state index in [2.05, 4.69) is 20.2 Å². The van der Waals surface area contributed by atoms with E-state index in [9.17, 15) is 0 Å². The summed E-state index contributed by atoms with van der Waals surface area (Å²) < 4.78 is 0. The van der Waals surface area contributed by atoms with Crippen LogP contribution in [-0.4, -0.2) is 29.6 Å². The first-order chi connectivity index (χ1) is 7.29. The van der Waals surface area contributed by atoms with E-state index in [0.29, 0.717) is 5.95 Å². The number of hydrogen-bond acceptors (Lipinski definition) is 5. The first-order valence-electron chi connectivity index (χ1n) is 5.43. The Balaban J connectivity index is 2.22. The smallest absolute Gasteiger partial charge is 0.223 e. The molecule has 1 aliphatic rings. The summed E-state index contributed by atoms with van der Waals surface area (Å²) in [5.41, 5.74) is 5.67. The van der Waals surface area contributed by atoms with E-state index in [1.807, 2.05) is 13.0 Å². The molecule has 0 spiro atoms. The normalized spacial score (nSPS) is 15.7. The predicted octanol–water partition coefficient (Wildman–Crippen LogP) is 1.09.